The minimum Gasteiger partial charge on any atom is -0.463 e. The van der Waals surface area contributed by atoms with Gasteiger partial charge in [0.1, 0.15) is 0 Å². The molecule has 0 aromatic heterocycles. The molecule has 144 valence electrons. The summed E-state index contributed by atoms with van der Waals surface area (Å²) in [5.41, 5.74) is 3.82. The monoisotopic (exact) mass is 366 g/mol. The first-order valence-electron chi connectivity index (χ1n) is 10.3. The number of aliphatic imine (C=N–C) groups is 2. The van der Waals surface area contributed by atoms with Crippen LogP contribution in [0.4, 0.5) is 0 Å². The molecular formula is C23H30N2O2. The lowest BCUT2D eigenvalue weighted by molar-refractivity contribution is -0.138. The fraction of sp³-hybridized carbons (Fsp3) is 0.522. The average Bonchev–Trinajstić information content (AvgIpc) is 2.90. The fourth-order valence-corrected chi connectivity index (χ4v) is 3.74. The fourth-order valence-electron chi connectivity index (χ4n) is 3.74. The third kappa shape index (κ3) is 5.88. The molecular weight excluding hydrogens is 336 g/mol. The van der Waals surface area contributed by atoms with Crippen molar-refractivity contribution in [2.75, 3.05) is 6.61 Å². The van der Waals surface area contributed by atoms with Crippen LogP contribution in [0.1, 0.15) is 63.9 Å². The van der Waals surface area contributed by atoms with Crippen LogP contribution in [0, 0.1) is 0 Å². The first kappa shape index (κ1) is 19.5. The SMILES string of the molecule is CCOC(=O)C1=CC(=NCc2ccccc2)C(=NC2CCCCC2)CCC1. The third-order valence-corrected chi connectivity index (χ3v) is 5.19. The van der Waals surface area contributed by atoms with E-state index in [0.717, 1.165) is 41.8 Å². The molecule has 1 fully saturated rings. The molecule has 0 bridgehead atoms. The molecule has 0 heterocycles. The molecule has 0 amide bonds. The number of hydrogen-bond acceptors (Lipinski definition) is 4. The van der Waals surface area contributed by atoms with Gasteiger partial charge < -0.3 is 4.74 Å². The highest BCUT2D eigenvalue weighted by atomic mass is 16.5. The van der Waals surface area contributed by atoms with Gasteiger partial charge in [0.15, 0.2) is 0 Å². The zero-order valence-corrected chi connectivity index (χ0v) is 16.3. The maximum Gasteiger partial charge on any atom is 0.334 e. The van der Waals surface area contributed by atoms with E-state index in [0.29, 0.717) is 19.2 Å². The molecule has 1 aromatic rings. The van der Waals surface area contributed by atoms with Crippen LogP contribution >= 0.6 is 0 Å². The maximum absolute atomic E-state index is 12.3. The summed E-state index contributed by atoms with van der Waals surface area (Å²) in [6, 6.07) is 10.6. The molecule has 0 saturated heterocycles. The molecule has 3 rings (SSSR count). The van der Waals surface area contributed by atoms with Crippen LogP contribution in [-0.4, -0.2) is 30.0 Å². The van der Waals surface area contributed by atoms with Crippen molar-refractivity contribution >= 4 is 17.4 Å². The summed E-state index contributed by atoms with van der Waals surface area (Å²) in [4.78, 5) is 22.2. The molecule has 1 aromatic carbocycles. The number of benzene rings is 1. The number of carbonyl (C=O) groups is 1. The number of carbonyl (C=O) groups excluding carboxylic acids is 1. The Morgan fingerprint density at radius 2 is 1.85 bits per heavy atom. The van der Waals surface area contributed by atoms with E-state index < -0.39 is 0 Å². The molecule has 0 atom stereocenters. The van der Waals surface area contributed by atoms with Crippen LogP contribution in [0.15, 0.2) is 52.0 Å². The van der Waals surface area contributed by atoms with E-state index in [1.807, 2.05) is 31.2 Å². The summed E-state index contributed by atoms with van der Waals surface area (Å²) in [6.07, 6.45) is 10.6. The second-order valence-corrected chi connectivity index (χ2v) is 7.30. The Balaban J connectivity index is 1.87. The van der Waals surface area contributed by atoms with Crippen LogP contribution in [-0.2, 0) is 16.1 Å². The molecule has 4 nitrogen and oxygen atoms in total. The minimum atomic E-state index is -0.219. The lowest BCUT2D eigenvalue weighted by Crippen LogP contribution is -2.18. The van der Waals surface area contributed by atoms with E-state index >= 15 is 0 Å². The molecule has 2 aliphatic rings. The van der Waals surface area contributed by atoms with Gasteiger partial charge in [-0.25, -0.2) is 4.79 Å². The number of nitrogens with zero attached hydrogens (tertiary/aromatic N) is 2. The van der Waals surface area contributed by atoms with Gasteiger partial charge in [0, 0.05) is 5.57 Å². The predicted octanol–water partition coefficient (Wildman–Crippen LogP) is 5.07. The molecule has 2 aliphatic carbocycles. The van der Waals surface area contributed by atoms with Crippen molar-refractivity contribution < 1.29 is 9.53 Å². The molecule has 0 spiro atoms. The van der Waals surface area contributed by atoms with E-state index in [1.54, 1.807) is 0 Å². The molecule has 0 radical (unpaired) electrons. The number of esters is 1. The highest BCUT2D eigenvalue weighted by Crippen LogP contribution is 2.23. The topological polar surface area (TPSA) is 51.0 Å². The van der Waals surface area contributed by atoms with E-state index in [4.69, 9.17) is 14.7 Å². The van der Waals surface area contributed by atoms with E-state index in [1.165, 1.54) is 32.1 Å². The summed E-state index contributed by atoms with van der Waals surface area (Å²) >= 11 is 0. The molecule has 0 N–H and O–H groups in total. The smallest absolute Gasteiger partial charge is 0.334 e. The first-order valence-corrected chi connectivity index (χ1v) is 10.3. The van der Waals surface area contributed by atoms with Gasteiger partial charge in [-0.3, -0.25) is 9.98 Å². The van der Waals surface area contributed by atoms with Crippen LogP contribution in [0.2, 0.25) is 0 Å². The van der Waals surface area contributed by atoms with Crippen molar-refractivity contribution in [2.24, 2.45) is 9.98 Å². The van der Waals surface area contributed by atoms with Crippen LogP contribution in [0.3, 0.4) is 0 Å². The van der Waals surface area contributed by atoms with Gasteiger partial charge in [-0.1, -0.05) is 49.6 Å². The quantitative estimate of drug-likeness (QED) is 0.683. The van der Waals surface area contributed by atoms with Crippen molar-refractivity contribution in [3.8, 4) is 0 Å². The van der Waals surface area contributed by atoms with E-state index in [9.17, 15) is 4.79 Å². The van der Waals surface area contributed by atoms with Crippen LogP contribution in [0.5, 0.6) is 0 Å². The largest absolute Gasteiger partial charge is 0.463 e. The zero-order chi connectivity index (χ0) is 18.9. The van der Waals surface area contributed by atoms with Gasteiger partial charge in [-0.05, 0) is 50.7 Å². The third-order valence-electron chi connectivity index (χ3n) is 5.19. The van der Waals surface area contributed by atoms with Crippen LogP contribution < -0.4 is 0 Å². The van der Waals surface area contributed by atoms with Crippen molar-refractivity contribution in [3.63, 3.8) is 0 Å². The Bertz CT molecular complexity index is 713. The second-order valence-electron chi connectivity index (χ2n) is 7.30. The van der Waals surface area contributed by atoms with Gasteiger partial charge in [-0.2, -0.15) is 0 Å². The van der Waals surface area contributed by atoms with Gasteiger partial charge in [0.05, 0.1) is 30.6 Å². The number of ether oxygens (including phenoxy) is 1. The molecule has 0 unspecified atom stereocenters. The lowest BCUT2D eigenvalue weighted by Gasteiger charge is -2.19. The molecule has 0 aliphatic heterocycles. The normalized spacial score (nSPS) is 21.7. The Morgan fingerprint density at radius 3 is 2.59 bits per heavy atom. The van der Waals surface area contributed by atoms with Crippen molar-refractivity contribution in [3.05, 3.63) is 47.5 Å². The van der Waals surface area contributed by atoms with Crippen LogP contribution in [0.25, 0.3) is 0 Å². The molecule has 4 heteroatoms. The summed E-state index contributed by atoms with van der Waals surface area (Å²) < 4.78 is 5.23. The first-order chi connectivity index (χ1) is 13.3. The number of hydrogen-bond donors (Lipinski definition) is 0. The average molecular weight is 367 g/mol. The van der Waals surface area contributed by atoms with Crippen molar-refractivity contribution in [2.45, 2.75) is 70.9 Å². The molecule has 1 saturated carbocycles. The Labute approximate surface area is 162 Å². The Morgan fingerprint density at radius 1 is 1.07 bits per heavy atom. The van der Waals surface area contributed by atoms with Gasteiger partial charge in [0.2, 0.25) is 0 Å². The van der Waals surface area contributed by atoms with Gasteiger partial charge in [0.25, 0.3) is 0 Å². The number of allylic oxidation sites excluding steroid dienone is 1. The maximum atomic E-state index is 12.3. The summed E-state index contributed by atoms with van der Waals surface area (Å²) in [5, 5.41) is 0. The number of rotatable bonds is 5. The summed E-state index contributed by atoms with van der Waals surface area (Å²) in [7, 11) is 0. The highest BCUT2D eigenvalue weighted by molar-refractivity contribution is 6.47. The second kappa shape index (κ2) is 10.2. The standard InChI is InChI=1S/C23H30N2O2/c1-2-27-23(26)19-12-9-15-21(25-20-13-7-4-8-14-20)22(16-19)24-17-18-10-5-3-6-11-18/h3,5-6,10-11,16,20H,2,4,7-9,12-15,17H2,1H3. The van der Waals surface area contributed by atoms with Crippen molar-refractivity contribution in [1.82, 2.24) is 0 Å². The van der Waals surface area contributed by atoms with Crippen molar-refractivity contribution in [1.29, 1.82) is 0 Å². The van der Waals surface area contributed by atoms with E-state index in [2.05, 4.69) is 12.1 Å². The summed E-state index contributed by atoms with van der Waals surface area (Å²) in [5.74, 6) is -0.219. The lowest BCUT2D eigenvalue weighted by atomic mass is 9.95. The van der Waals surface area contributed by atoms with E-state index in [-0.39, 0.29) is 5.97 Å². The molecule has 27 heavy (non-hydrogen) atoms. The summed E-state index contributed by atoms with van der Waals surface area (Å²) in [6.45, 7) is 2.84. The Hall–Kier alpha value is -2.23. The Kier molecular flexibility index (Phi) is 7.37. The van der Waals surface area contributed by atoms with Gasteiger partial charge in [-0.15, -0.1) is 0 Å². The zero-order valence-electron chi connectivity index (χ0n) is 16.3. The highest BCUT2D eigenvalue weighted by Gasteiger charge is 2.21. The predicted molar refractivity (Wildman–Crippen MR) is 110 cm³/mol. The minimum absolute atomic E-state index is 0.219. The van der Waals surface area contributed by atoms with Gasteiger partial charge >= 0.3 is 5.97 Å².